The van der Waals surface area contributed by atoms with Crippen molar-refractivity contribution in [2.45, 2.75) is 20.3 Å². The fourth-order valence-corrected chi connectivity index (χ4v) is 1.73. The molecular weight excluding hydrogens is 168 g/mol. The van der Waals surface area contributed by atoms with Crippen LogP contribution in [-0.4, -0.2) is 0 Å². The number of hydrogen-bond donors (Lipinski definition) is 0. The van der Waals surface area contributed by atoms with Crippen molar-refractivity contribution in [1.29, 1.82) is 0 Å². The maximum atomic E-state index is 3.75. The fourth-order valence-electron chi connectivity index (χ4n) is 1.73. The highest BCUT2D eigenvalue weighted by Crippen LogP contribution is 2.19. The van der Waals surface area contributed by atoms with E-state index in [9.17, 15) is 0 Å². The molecule has 0 aliphatic carbocycles. The van der Waals surface area contributed by atoms with Crippen molar-refractivity contribution in [3.8, 4) is 0 Å². The van der Waals surface area contributed by atoms with Crippen molar-refractivity contribution >= 4 is 0 Å². The van der Waals surface area contributed by atoms with Crippen LogP contribution in [-0.2, 0) is 6.42 Å². The number of benzene rings is 1. The lowest BCUT2D eigenvalue weighted by atomic mass is 9.96. The molecular formula is C14H17. The third kappa shape index (κ3) is 2.35. The highest BCUT2D eigenvalue weighted by molar-refractivity contribution is 5.44. The van der Waals surface area contributed by atoms with Crippen molar-refractivity contribution in [2.24, 2.45) is 0 Å². The van der Waals surface area contributed by atoms with Crippen molar-refractivity contribution < 1.29 is 0 Å². The Balaban J connectivity index is 3.10. The molecule has 0 N–H and O–H groups in total. The van der Waals surface area contributed by atoms with E-state index >= 15 is 0 Å². The molecule has 1 aromatic carbocycles. The average Bonchev–Trinajstić information content (AvgIpc) is 2.12. The van der Waals surface area contributed by atoms with Gasteiger partial charge < -0.3 is 0 Å². The van der Waals surface area contributed by atoms with Crippen LogP contribution in [0.25, 0.3) is 0 Å². The van der Waals surface area contributed by atoms with Gasteiger partial charge in [-0.25, -0.2) is 0 Å². The lowest BCUT2D eigenvalue weighted by Gasteiger charge is -2.09. The first-order valence-corrected chi connectivity index (χ1v) is 4.86. The standard InChI is InChI=1S/C14H17/c1-5-7-13-9-11(3)14(8-6-2)12(4)10-13/h5-6,8-10H,1-2,7H2,3-4H3. The fraction of sp³-hybridized carbons (Fsp3) is 0.214. The molecule has 1 radical (unpaired) electrons. The normalized spacial score (nSPS) is 9.86. The second-order valence-corrected chi connectivity index (χ2v) is 3.54. The van der Waals surface area contributed by atoms with E-state index in [2.05, 4.69) is 45.6 Å². The van der Waals surface area contributed by atoms with Gasteiger partial charge in [0.15, 0.2) is 0 Å². The summed E-state index contributed by atoms with van der Waals surface area (Å²) < 4.78 is 0. The summed E-state index contributed by atoms with van der Waals surface area (Å²) in [5.74, 6) is 0. The first-order chi connectivity index (χ1) is 6.69. The first kappa shape index (κ1) is 10.8. The number of aryl methyl sites for hydroxylation is 2. The van der Waals surface area contributed by atoms with E-state index in [-0.39, 0.29) is 0 Å². The maximum Gasteiger partial charge on any atom is 0.0124 e. The van der Waals surface area contributed by atoms with Gasteiger partial charge in [0.2, 0.25) is 0 Å². The Hall–Kier alpha value is -1.30. The molecule has 0 heterocycles. The zero-order chi connectivity index (χ0) is 10.6. The molecule has 0 saturated heterocycles. The van der Waals surface area contributed by atoms with Gasteiger partial charge in [0.25, 0.3) is 0 Å². The second-order valence-electron chi connectivity index (χ2n) is 3.54. The quantitative estimate of drug-likeness (QED) is 0.626. The van der Waals surface area contributed by atoms with E-state index in [1.807, 2.05) is 12.2 Å². The van der Waals surface area contributed by atoms with Crippen LogP contribution in [0, 0.1) is 20.3 Å². The number of allylic oxidation sites excluding steroid dienone is 2. The van der Waals surface area contributed by atoms with Gasteiger partial charge in [-0.1, -0.05) is 24.3 Å². The second kappa shape index (κ2) is 4.80. The Kier molecular flexibility index (Phi) is 3.70. The van der Waals surface area contributed by atoms with Gasteiger partial charge in [0, 0.05) is 6.42 Å². The van der Waals surface area contributed by atoms with E-state index in [1.165, 1.54) is 22.3 Å². The van der Waals surface area contributed by atoms with Crippen molar-refractivity contribution in [1.82, 2.24) is 0 Å². The summed E-state index contributed by atoms with van der Waals surface area (Å²) in [4.78, 5) is 0. The largest absolute Gasteiger partial charge is 0.103 e. The van der Waals surface area contributed by atoms with E-state index in [4.69, 9.17) is 0 Å². The minimum atomic E-state index is 0.941. The Labute approximate surface area is 87.0 Å². The van der Waals surface area contributed by atoms with Crippen LogP contribution in [0.2, 0.25) is 0 Å². The molecule has 0 fully saturated rings. The lowest BCUT2D eigenvalue weighted by molar-refractivity contribution is 1.20. The molecule has 0 aliphatic heterocycles. The van der Waals surface area contributed by atoms with Crippen LogP contribution in [0.4, 0.5) is 0 Å². The van der Waals surface area contributed by atoms with Crippen LogP contribution in [0.1, 0.15) is 22.3 Å². The van der Waals surface area contributed by atoms with Gasteiger partial charge in [0.05, 0.1) is 0 Å². The van der Waals surface area contributed by atoms with Crippen LogP contribution < -0.4 is 0 Å². The minimum absolute atomic E-state index is 0.941. The Morgan fingerprint density at radius 3 is 2.14 bits per heavy atom. The molecule has 0 aromatic heterocycles. The zero-order valence-electron chi connectivity index (χ0n) is 9.01. The van der Waals surface area contributed by atoms with Crippen molar-refractivity contribution in [3.63, 3.8) is 0 Å². The Bertz CT molecular complexity index is 322. The van der Waals surface area contributed by atoms with Gasteiger partial charge in [-0.15, -0.1) is 13.2 Å². The van der Waals surface area contributed by atoms with E-state index in [1.54, 1.807) is 0 Å². The van der Waals surface area contributed by atoms with Gasteiger partial charge in [-0.3, -0.25) is 0 Å². The Morgan fingerprint density at radius 1 is 1.14 bits per heavy atom. The molecule has 1 rings (SSSR count). The van der Waals surface area contributed by atoms with Crippen molar-refractivity contribution in [3.05, 3.63) is 66.1 Å². The topological polar surface area (TPSA) is 0 Å². The van der Waals surface area contributed by atoms with Crippen LogP contribution in [0.3, 0.4) is 0 Å². The smallest absolute Gasteiger partial charge is 0.0124 e. The molecule has 0 saturated carbocycles. The summed E-state index contributed by atoms with van der Waals surface area (Å²) in [6.07, 6.45) is 6.77. The lowest BCUT2D eigenvalue weighted by Crippen LogP contribution is -1.93. The van der Waals surface area contributed by atoms with Gasteiger partial charge in [0.1, 0.15) is 0 Å². The highest BCUT2D eigenvalue weighted by Gasteiger charge is 2.02. The Morgan fingerprint density at radius 2 is 1.71 bits per heavy atom. The number of rotatable bonds is 4. The third-order valence-electron chi connectivity index (χ3n) is 2.32. The minimum Gasteiger partial charge on any atom is -0.103 e. The predicted molar refractivity (Wildman–Crippen MR) is 63.4 cm³/mol. The molecule has 0 nitrogen and oxygen atoms in total. The molecule has 0 amide bonds. The van der Waals surface area contributed by atoms with Crippen LogP contribution in [0.15, 0.2) is 37.4 Å². The summed E-state index contributed by atoms with van der Waals surface area (Å²) in [7, 11) is 0. The molecule has 1 aromatic rings. The summed E-state index contributed by atoms with van der Waals surface area (Å²) in [5.41, 5.74) is 5.23. The third-order valence-corrected chi connectivity index (χ3v) is 2.32. The number of hydrogen-bond acceptors (Lipinski definition) is 0. The maximum absolute atomic E-state index is 3.75. The zero-order valence-corrected chi connectivity index (χ0v) is 9.01. The van der Waals surface area contributed by atoms with Gasteiger partial charge >= 0.3 is 0 Å². The van der Waals surface area contributed by atoms with Gasteiger partial charge in [-0.05, 0) is 42.5 Å². The van der Waals surface area contributed by atoms with Crippen LogP contribution >= 0.6 is 0 Å². The molecule has 0 atom stereocenters. The predicted octanol–water partition coefficient (Wildman–Crippen LogP) is 3.77. The summed E-state index contributed by atoms with van der Waals surface area (Å²) in [6.45, 7) is 11.7. The average molecular weight is 185 g/mol. The van der Waals surface area contributed by atoms with E-state index in [0.717, 1.165) is 6.42 Å². The van der Waals surface area contributed by atoms with Crippen LogP contribution in [0.5, 0.6) is 0 Å². The molecule has 0 unspecified atom stereocenters. The molecule has 0 spiro atoms. The molecule has 0 bridgehead atoms. The molecule has 0 aliphatic rings. The van der Waals surface area contributed by atoms with E-state index in [0.29, 0.717) is 0 Å². The molecule has 0 heteroatoms. The SMILES string of the molecule is C=C[CH]c1c(C)cc(CC=C)cc1C. The summed E-state index contributed by atoms with van der Waals surface area (Å²) in [6, 6.07) is 4.42. The first-order valence-electron chi connectivity index (χ1n) is 4.86. The van der Waals surface area contributed by atoms with E-state index < -0.39 is 0 Å². The molecule has 14 heavy (non-hydrogen) atoms. The highest BCUT2D eigenvalue weighted by atomic mass is 14.1. The van der Waals surface area contributed by atoms with Crippen molar-refractivity contribution in [2.75, 3.05) is 0 Å². The summed E-state index contributed by atoms with van der Waals surface area (Å²) in [5, 5.41) is 0. The summed E-state index contributed by atoms with van der Waals surface area (Å²) >= 11 is 0. The van der Waals surface area contributed by atoms with Gasteiger partial charge in [-0.2, -0.15) is 0 Å². The molecule has 73 valence electrons. The monoisotopic (exact) mass is 185 g/mol.